The summed E-state index contributed by atoms with van der Waals surface area (Å²) in [5, 5.41) is 8.89. The molecule has 0 saturated heterocycles. The molecule has 4 N–H and O–H groups in total. The molecule has 0 heterocycles. The average molecular weight is 850 g/mol. The van der Waals surface area contributed by atoms with Gasteiger partial charge in [0.1, 0.15) is 12.6 Å². The molecule has 0 radical (unpaired) electrons. The van der Waals surface area contributed by atoms with Crippen LogP contribution in [0, 0.1) is 0 Å². The first-order valence-corrected chi connectivity index (χ1v) is 24.0. The van der Waals surface area contributed by atoms with E-state index in [4.69, 9.17) is 24.8 Å². The lowest BCUT2D eigenvalue weighted by Crippen LogP contribution is -2.34. The van der Waals surface area contributed by atoms with Gasteiger partial charge in [0.2, 0.25) is 0 Å². The van der Waals surface area contributed by atoms with Gasteiger partial charge < -0.3 is 25.2 Å². The second-order valence-corrected chi connectivity index (χ2v) is 16.3. The summed E-state index contributed by atoms with van der Waals surface area (Å²) in [5.74, 6) is -2.45. The van der Waals surface area contributed by atoms with Crippen LogP contribution in [0.4, 0.5) is 0 Å². The number of ether oxygens (including phenoxy) is 2. The Morgan fingerprint density at radius 3 is 1.58 bits per heavy atom. The highest BCUT2D eigenvalue weighted by Crippen LogP contribution is 2.43. The molecule has 0 saturated carbocycles. The van der Waals surface area contributed by atoms with Crippen LogP contribution in [0.5, 0.6) is 0 Å². The van der Waals surface area contributed by atoms with Crippen molar-refractivity contribution >= 4 is 25.7 Å². The molecule has 0 amide bonds. The van der Waals surface area contributed by atoms with Crippen molar-refractivity contribution in [1.82, 2.24) is 0 Å². The van der Waals surface area contributed by atoms with E-state index in [2.05, 4.69) is 54.8 Å². The number of rotatable bonds is 41. The molecule has 3 atom stereocenters. The molecule has 0 aliphatic carbocycles. The molecule has 0 spiro atoms. The van der Waals surface area contributed by atoms with Gasteiger partial charge in [-0.15, -0.1) is 0 Å². The molecule has 0 bridgehead atoms. The molecule has 0 aromatic rings. The molecular formula is C47H80NO10P. The summed E-state index contributed by atoms with van der Waals surface area (Å²) in [6.45, 7) is 2.60. The Morgan fingerprint density at radius 1 is 0.559 bits per heavy atom. The Labute approximate surface area is 357 Å². The van der Waals surface area contributed by atoms with Crippen molar-refractivity contribution in [3.8, 4) is 0 Å². The highest BCUT2D eigenvalue weighted by Gasteiger charge is 2.28. The monoisotopic (exact) mass is 850 g/mol. The van der Waals surface area contributed by atoms with E-state index in [1.807, 2.05) is 36.5 Å². The number of unbranched alkanes of at least 4 members (excludes halogenated alkanes) is 18. The molecule has 2 unspecified atom stereocenters. The van der Waals surface area contributed by atoms with E-state index in [1.54, 1.807) is 0 Å². The number of phosphoric ester groups is 1. The maximum absolute atomic E-state index is 12.6. The number of aliphatic carboxylic acids is 1. The highest BCUT2D eigenvalue weighted by molar-refractivity contribution is 7.47. The fraction of sp³-hybridized carbons (Fsp3) is 0.681. The Kier molecular flexibility index (Phi) is 39.5. The van der Waals surface area contributed by atoms with Crippen LogP contribution in [0.15, 0.2) is 72.9 Å². The molecule has 0 aliphatic heterocycles. The number of phosphoric acid groups is 1. The van der Waals surface area contributed by atoms with Crippen molar-refractivity contribution in [2.24, 2.45) is 5.73 Å². The van der Waals surface area contributed by atoms with Crippen LogP contribution in [0.2, 0.25) is 0 Å². The van der Waals surface area contributed by atoms with Gasteiger partial charge in [-0.25, -0.2) is 4.57 Å². The van der Waals surface area contributed by atoms with E-state index in [1.165, 1.54) is 70.6 Å². The molecule has 0 rings (SSSR count). The van der Waals surface area contributed by atoms with Gasteiger partial charge in [-0.1, -0.05) is 170 Å². The third kappa shape index (κ3) is 41.4. The Hall–Kier alpha value is -3.08. The van der Waals surface area contributed by atoms with Crippen molar-refractivity contribution < 1.29 is 47.5 Å². The number of carboxylic acid groups (broad SMARTS) is 1. The van der Waals surface area contributed by atoms with Gasteiger partial charge in [-0.05, 0) is 64.2 Å². The summed E-state index contributed by atoms with van der Waals surface area (Å²) in [5.41, 5.74) is 5.33. The first-order valence-electron chi connectivity index (χ1n) is 22.5. The van der Waals surface area contributed by atoms with Crippen molar-refractivity contribution in [3.05, 3.63) is 72.9 Å². The molecule has 59 heavy (non-hydrogen) atoms. The summed E-state index contributed by atoms with van der Waals surface area (Å²) in [7, 11) is -4.73. The number of esters is 2. The molecule has 12 heteroatoms. The fourth-order valence-corrected chi connectivity index (χ4v) is 6.53. The van der Waals surface area contributed by atoms with E-state index < -0.39 is 51.1 Å². The van der Waals surface area contributed by atoms with Crippen LogP contribution in [-0.4, -0.2) is 59.9 Å². The number of hydrogen-bond donors (Lipinski definition) is 3. The van der Waals surface area contributed by atoms with Crippen LogP contribution in [-0.2, 0) is 37.5 Å². The SMILES string of the molecule is CC/C=C/C=C/C=C/C=C/CCCCCC(=O)OC(COC(=O)CCCCCCCCC/C=C/C/C=C/CCCCCCCCCC)COP(=O)(O)OC[C@@H](N)C(=O)O. The average Bonchev–Trinajstić information content (AvgIpc) is 3.21. The van der Waals surface area contributed by atoms with Crippen molar-refractivity contribution in [2.75, 3.05) is 19.8 Å². The number of allylic oxidation sites excluding steroid dienone is 12. The Morgan fingerprint density at radius 2 is 1.02 bits per heavy atom. The third-order valence-electron chi connectivity index (χ3n) is 9.28. The molecule has 0 aliphatic rings. The van der Waals surface area contributed by atoms with Crippen molar-refractivity contribution in [3.63, 3.8) is 0 Å². The van der Waals surface area contributed by atoms with E-state index in [9.17, 15) is 23.8 Å². The molecule has 11 nitrogen and oxygen atoms in total. The first-order chi connectivity index (χ1) is 28.6. The summed E-state index contributed by atoms with van der Waals surface area (Å²) < 4.78 is 32.6. The summed E-state index contributed by atoms with van der Waals surface area (Å²) >= 11 is 0. The number of carboxylic acids is 1. The standard InChI is InChI=1S/C47H80NO10P/c1-3-5-7-9-11-13-15-17-18-19-20-21-22-23-24-25-27-28-30-32-34-36-38-45(49)55-40-43(41-56-59(53,54)57-42-44(48)47(51)52)58-46(50)39-37-35-33-31-29-26-16-14-12-10-8-6-4-2/h6,8,10,12,14,16,19-20,22-23,26,29,43-44H,3-5,7,9,11,13,15,17-18,21,24-25,27-28,30-42,48H2,1-2H3,(H,51,52)(H,53,54)/b8-6+,12-10+,16-14+,20-19+,23-22+,29-26+/t43?,44-/m1/s1. The summed E-state index contributed by atoms with van der Waals surface area (Å²) in [6.07, 6.45) is 49.8. The van der Waals surface area contributed by atoms with Crippen molar-refractivity contribution in [1.29, 1.82) is 0 Å². The van der Waals surface area contributed by atoms with E-state index in [0.717, 1.165) is 64.2 Å². The Balaban J connectivity index is 4.34. The predicted octanol–water partition coefficient (Wildman–Crippen LogP) is 12.1. The van der Waals surface area contributed by atoms with Crippen LogP contribution in [0.1, 0.15) is 174 Å². The van der Waals surface area contributed by atoms with E-state index in [-0.39, 0.29) is 19.4 Å². The lowest BCUT2D eigenvalue weighted by molar-refractivity contribution is -0.161. The number of nitrogens with two attached hydrogens (primary N) is 1. The van der Waals surface area contributed by atoms with E-state index in [0.29, 0.717) is 12.8 Å². The number of carbonyl (C=O) groups is 3. The zero-order valence-electron chi connectivity index (χ0n) is 36.6. The predicted molar refractivity (Wildman–Crippen MR) is 240 cm³/mol. The molecule has 0 fully saturated rings. The summed E-state index contributed by atoms with van der Waals surface area (Å²) in [6, 6.07) is -1.53. The summed E-state index contributed by atoms with van der Waals surface area (Å²) in [4.78, 5) is 45.9. The topological polar surface area (TPSA) is 172 Å². The lowest BCUT2D eigenvalue weighted by Gasteiger charge is -2.20. The quantitative estimate of drug-likeness (QED) is 0.0176. The van der Waals surface area contributed by atoms with Gasteiger partial charge in [-0.3, -0.25) is 23.4 Å². The minimum Gasteiger partial charge on any atom is -0.480 e. The van der Waals surface area contributed by atoms with Gasteiger partial charge in [0.05, 0.1) is 13.2 Å². The number of carbonyl (C=O) groups excluding carboxylic acids is 2. The normalized spacial score (nSPS) is 14.4. The molecule has 338 valence electrons. The van der Waals surface area contributed by atoms with Crippen LogP contribution < -0.4 is 5.73 Å². The zero-order valence-corrected chi connectivity index (χ0v) is 37.5. The smallest absolute Gasteiger partial charge is 0.472 e. The van der Waals surface area contributed by atoms with Gasteiger partial charge in [0, 0.05) is 12.8 Å². The van der Waals surface area contributed by atoms with Gasteiger partial charge in [0.15, 0.2) is 6.10 Å². The van der Waals surface area contributed by atoms with Gasteiger partial charge in [0.25, 0.3) is 0 Å². The van der Waals surface area contributed by atoms with E-state index >= 15 is 0 Å². The number of hydrogen-bond acceptors (Lipinski definition) is 9. The zero-order chi connectivity index (χ0) is 43.5. The van der Waals surface area contributed by atoms with Crippen LogP contribution in [0.25, 0.3) is 0 Å². The van der Waals surface area contributed by atoms with Gasteiger partial charge in [-0.2, -0.15) is 0 Å². The van der Waals surface area contributed by atoms with Crippen LogP contribution >= 0.6 is 7.82 Å². The largest absolute Gasteiger partial charge is 0.480 e. The highest BCUT2D eigenvalue weighted by atomic mass is 31.2. The molecular weight excluding hydrogens is 769 g/mol. The third-order valence-corrected chi connectivity index (χ3v) is 10.2. The maximum Gasteiger partial charge on any atom is 0.472 e. The lowest BCUT2D eigenvalue weighted by atomic mass is 10.1. The fourth-order valence-electron chi connectivity index (χ4n) is 5.75. The van der Waals surface area contributed by atoms with Crippen molar-refractivity contribution in [2.45, 2.75) is 187 Å². The maximum atomic E-state index is 12.6. The molecule has 0 aromatic heterocycles. The second-order valence-electron chi connectivity index (χ2n) is 14.9. The second kappa shape index (κ2) is 41.6. The molecule has 0 aromatic carbocycles. The first kappa shape index (κ1) is 55.9. The van der Waals surface area contributed by atoms with Crippen LogP contribution in [0.3, 0.4) is 0 Å². The van der Waals surface area contributed by atoms with Gasteiger partial charge >= 0.3 is 25.7 Å². The Bertz CT molecular complexity index is 1280. The minimum atomic E-state index is -4.73. The minimum absolute atomic E-state index is 0.110.